The predicted octanol–water partition coefficient (Wildman–Crippen LogP) is 5.24. The van der Waals surface area contributed by atoms with E-state index in [4.69, 9.17) is 9.72 Å². The van der Waals surface area contributed by atoms with E-state index in [1.54, 1.807) is 23.2 Å². The summed E-state index contributed by atoms with van der Waals surface area (Å²) in [6, 6.07) is 10.1. The van der Waals surface area contributed by atoms with Gasteiger partial charge in [-0.15, -0.1) is 0 Å². The monoisotopic (exact) mass is 712 g/mol. The highest BCUT2D eigenvalue weighted by atomic mass is 19.1. The Labute approximate surface area is 303 Å². The Kier molecular flexibility index (Phi) is 11.6. The number of imidazole rings is 2. The Hall–Kier alpha value is -4.77. The van der Waals surface area contributed by atoms with Gasteiger partial charge in [-0.25, -0.2) is 19.2 Å². The van der Waals surface area contributed by atoms with Gasteiger partial charge in [-0.2, -0.15) is 0 Å². The lowest BCUT2D eigenvalue weighted by atomic mass is 10.0. The molecule has 12 nitrogen and oxygen atoms in total. The summed E-state index contributed by atoms with van der Waals surface area (Å²) in [5.41, 5.74) is 3.96. The summed E-state index contributed by atoms with van der Waals surface area (Å²) in [6.45, 7) is 10.4. The van der Waals surface area contributed by atoms with Crippen LogP contribution >= 0.6 is 0 Å². The number of methoxy groups -OCH3 is 1. The van der Waals surface area contributed by atoms with Crippen molar-refractivity contribution in [1.29, 1.82) is 0 Å². The van der Waals surface area contributed by atoms with Crippen LogP contribution in [-0.4, -0.2) is 92.4 Å². The number of alkyl carbamates (subject to hydrolysis) is 1. The second kappa shape index (κ2) is 16.3. The summed E-state index contributed by atoms with van der Waals surface area (Å²) in [5.74, 6) is 7.38. The van der Waals surface area contributed by atoms with E-state index in [0.29, 0.717) is 41.5 Å². The Morgan fingerprint density at radius 1 is 1.00 bits per heavy atom. The first-order chi connectivity index (χ1) is 25.1. The van der Waals surface area contributed by atoms with Gasteiger partial charge in [-0.1, -0.05) is 39.5 Å². The number of halogens is 1. The quantitative estimate of drug-likeness (QED) is 0.105. The van der Waals surface area contributed by atoms with E-state index < -0.39 is 18.0 Å². The second-order valence-electron chi connectivity index (χ2n) is 14.4. The Bertz CT molecular complexity index is 1940. The molecule has 2 aromatic heterocycles. The summed E-state index contributed by atoms with van der Waals surface area (Å²) < 4.78 is 20.2. The van der Waals surface area contributed by atoms with Crippen molar-refractivity contribution in [3.8, 4) is 23.1 Å². The maximum Gasteiger partial charge on any atom is 0.407 e. The zero-order chi connectivity index (χ0) is 36.9. The average molecular weight is 713 g/mol. The van der Waals surface area contributed by atoms with E-state index in [-0.39, 0.29) is 36.7 Å². The summed E-state index contributed by atoms with van der Waals surface area (Å²) in [4.78, 5) is 45.7. The molecule has 0 radical (unpaired) electrons. The lowest BCUT2D eigenvalue weighted by Gasteiger charge is -2.30. The van der Waals surface area contributed by atoms with E-state index in [0.717, 1.165) is 54.8 Å². The van der Waals surface area contributed by atoms with Crippen molar-refractivity contribution in [2.24, 2.45) is 11.8 Å². The number of carbonyl (C=O) groups excluding carboxylic acids is 2. The molecule has 2 aromatic carbocycles. The van der Waals surface area contributed by atoms with E-state index >= 15 is 4.39 Å². The van der Waals surface area contributed by atoms with Crippen LogP contribution in [0, 0.1) is 29.5 Å². The third-order valence-corrected chi connectivity index (χ3v) is 10.2. The van der Waals surface area contributed by atoms with Crippen molar-refractivity contribution in [3.63, 3.8) is 0 Å². The van der Waals surface area contributed by atoms with Gasteiger partial charge in [-0.3, -0.25) is 15.0 Å². The molecule has 0 bridgehead atoms. The van der Waals surface area contributed by atoms with Crippen LogP contribution in [-0.2, 0) is 9.53 Å². The van der Waals surface area contributed by atoms with Crippen LogP contribution < -0.4 is 10.6 Å². The zero-order valence-electron chi connectivity index (χ0n) is 30.5. The SMILES string of the molecule is COC(=O)NC(C(=O)N1CCCC1c1ncc(-c2ccc(C#Cc3ccc4nc(C5CCCN5CC(NCO)C(C)C)[nH]c4c3)cc2F)[nH]1)C(C)C. The highest BCUT2D eigenvalue weighted by molar-refractivity contribution is 5.86. The van der Waals surface area contributed by atoms with Crippen LogP contribution in [0.1, 0.15) is 88.2 Å². The molecular weight excluding hydrogens is 663 g/mol. The number of nitrogens with zero attached hydrogens (tertiary/aromatic N) is 4. The summed E-state index contributed by atoms with van der Waals surface area (Å²) in [7, 11) is 1.27. The van der Waals surface area contributed by atoms with Crippen molar-refractivity contribution in [2.75, 3.05) is 33.5 Å². The molecule has 6 rings (SSSR count). The normalized spacial score (nSPS) is 18.9. The van der Waals surface area contributed by atoms with Gasteiger partial charge in [0.25, 0.3) is 0 Å². The van der Waals surface area contributed by atoms with E-state index in [1.165, 1.54) is 13.2 Å². The number of hydrogen-bond acceptors (Lipinski definition) is 8. The third-order valence-electron chi connectivity index (χ3n) is 10.2. The number of benzene rings is 2. The van der Waals surface area contributed by atoms with Crippen LogP contribution in [0.2, 0.25) is 0 Å². The third kappa shape index (κ3) is 8.14. The number of carbonyl (C=O) groups is 2. The van der Waals surface area contributed by atoms with Gasteiger partial charge < -0.3 is 30.0 Å². The van der Waals surface area contributed by atoms with Crippen molar-refractivity contribution >= 4 is 23.0 Å². The van der Waals surface area contributed by atoms with Gasteiger partial charge in [0.15, 0.2) is 0 Å². The molecule has 0 aliphatic carbocycles. The first-order valence-corrected chi connectivity index (χ1v) is 18.2. The maximum atomic E-state index is 15.5. The molecule has 2 amide bonds. The molecule has 2 saturated heterocycles. The van der Waals surface area contributed by atoms with E-state index in [9.17, 15) is 14.7 Å². The Morgan fingerprint density at radius 3 is 2.44 bits per heavy atom. The molecule has 4 heterocycles. The first kappa shape index (κ1) is 37.0. The van der Waals surface area contributed by atoms with Crippen molar-refractivity contribution in [1.82, 2.24) is 40.4 Å². The van der Waals surface area contributed by atoms with Gasteiger partial charge in [0, 0.05) is 35.8 Å². The van der Waals surface area contributed by atoms with Crippen molar-refractivity contribution in [2.45, 2.75) is 77.5 Å². The van der Waals surface area contributed by atoms with Gasteiger partial charge in [0.2, 0.25) is 5.91 Å². The van der Waals surface area contributed by atoms with Crippen LogP contribution in [0.5, 0.6) is 0 Å². The number of hydrogen-bond donors (Lipinski definition) is 5. The number of aromatic amines is 2. The predicted molar refractivity (Wildman–Crippen MR) is 196 cm³/mol. The Balaban J connectivity index is 1.14. The fraction of sp³-hybridized carbons (Fsp3) is 0.487. The molecule has 4 atom stereocenters. The van der Waals surface area contributed by atoms with E-state index in [1.807, 2.05) is 32.0 Å². The molecular formula is C39H49FN8O4. The molecule has 0 saturated carbocycles. The lowest BCUT2D eigenvalue weighted by molar-refractivity contribution is -0.135. The van der Waals surface area contributed by atoms with Crippen molar-refractivity contribution in [3.05, 3.63) is 71.2 Å². The molecule has 2 fully saturated rings. The minimum atomic E-state index is -0.737. The molecule has 4 unspecified atom stereocenters. The number of fused-ring (bicyclic) bond motifs is 1. The standard InChI is InChI=1S/C39H49FN8O4/c1-23(2)32(42-22-49)21-47-16-6-8-33(47)37-43-29-15-13-26(19-30(29)44-37)11-10-25-12-14-27(28(40)18-25)31-20-41-36(45-31)34-9-7-17-48(34)38(50)35(24(3)4)46-39(51)52-5/h12-15,18-20,23-24,32-35,42,49H,6-9,16-17,21-22H2,1-5H3,(H,41,45)(H,43,44)(H,46,51). The molecule has 4 aromatic rings. The molecule has 52 heavy (non-hydrogen) atoms. The number of amides is 2. The molecule has 276 valence electrons. The number of H-pyrrole nitrogens is 2. The Morgan fingerprint density at radius 2 is 1.73 bits per heavy atom. The minimum Gasteiger partial charge on any atom is -0.453 e. The highest BCUT2D eigenvalue weighted by Gasteiger charge is 2.37. The second-order valence-corrected chi connectivity index (χ2v) is 14.4. The summed E-state index contributed by atoms with van der Waals surface area (Å²) >= 11 is 0. The summed E-state index contributed by atoms with van der Waals surface area (Å²) in [5, 5.41) is 15.3. The minimum absolute atomic E-state index is 0.0404. The number of aromatic nitrogens is 4. The largest absolute Gasteiger partial charge is 0.453 e. The molecule has 5 N–H and O–H groups in total. The lowest BCUT2D eigenvalue weighted by Crippen LogP contribution is -2.51. The summed E-state index contributed by atoms with van der Waals surface area (Å²) in [6.07, 6.45) is 4.52. The highest BCUT2D eigenvalue weighted by Crippen LogP contribution is 2.34. The molecule has 0 spiro atoms. The maximum absolute atomic E-state index is 15.5. The molecule has 2 aliphatic rings. The fourth-order valence-corrected chi connectivity index (χ4v) is 7.29. The van der Waals surface area contributed by atoms with E-state index in [2.05, 4.69) is 56.2 Å². The van der Waals surface area contributed by atoms with Crippen LogP contribution in [0.4, 0.5) is 9.18 Å². The number of ether oxygens (including phenoxy) is 1. The average Bonchev–Trinajstić information content (AvgIpc) is 3.95. The fourth-order valence-electron chi connectivity index (χ4n) is 7.29. The molecule has 13 heteroatoms. The topological polar surface area (TPSA) is 152 Å². The van der Waals surface area contributed by atoms with Gasteiger partial charge in [0.1, 0.15) is 23.5 Å². The number of rotatable bonds is 11. The van der Waals surface area contributed by atoms with Crippen LogP contribution in [0.25, 0.3) is 22.3 Å². The zero-order valence-corrected chi connectivity index (χ0v) is 30.5. The van der Waals surface area contributed by atoms with Gasteiger partial charge >= 0.3 is 6.09 Å². The van der Waals surface area contributed by atoms with Crippen LogP contribution in [0.3, 0.4) is 0 Å². The van der Waals surface area contributed by atoms with Crippen molar-refractivity contribution < 1.29 is 23.8 Å². The number of nitrogens with one attached hydrogen (secondary N) is 4. The van der Waals surface area contributed by atoms with Gasteiger partial charge in [0.05, 0.1) is 48.8 Å². The number of aliphatic hydroxyl groups excluding tert-OH is 1. The molecule has 2 aliphatic heterocycles. The van der Waals surface area contributed by atoms with Gasteiger partial charge in [-0.05, 0) is 80.5 Å². The van der Waals surface area contributed by atoms with Crippen LogP contribution in [0.15, 0.2) is 42.6 Å². The number of aliphatic hydroxyl groups is 1. The smallest absolute Gasteiger partial charge is 0.407 e. The first-order valence-electron chi connectivity index (χ1n) is 18.2. The number of likely N-dealkylation sites (tertiary alicyclic amines) is 2.